The number of carboxylic acid groups (broad SMARTS) is 1. The van der Waals surface area contributed by atoms with Crippen molar-refractivity contribution in [2.75, 3.05) is 13.1 Å². The topological polar surface area (TPSA) is 60.8 Å². The molecule has 0 unspecified atom stereocenters. The van der Waals surface area contributed by atoms with E-state index in [0.29, 0.717) is 6.42 Å². The van der Waals surface area contributed by atoms with E-state index < -0.39 is 12.1 Å². The molecule has 1 aromatic rings. The molecular formula is C16H23NO3. The molecule has 0 radical (unpaired) electrons. The maximum Gasteiger partial charge on any atom is 0.317 e. The standard InChI is InChI=1S/C16H23NO3/c18-15(13-7-3-1-4-8-13)11-14-9-5-2-6-10-17(14)12-16(19)20/h1,3-4,7-8,14-15,18H,2,5-6,9-12H2,(H,19,20)/t14-,15+/m1/s1. The van der Waals surface area contributed by atoms with Gasteiger partial charge in [0.05, 0.1) is 12.6 Å². The van der Waals surface area contributed by atoms with E-state index in [2.05, 4.69) is 0 Å². The van der Waals surface area contributed by atoms with Gasteiger partial charge in [-0.3, -0.25) is 9.69 Å². The molecule has 0 aliphatic carbocycles. The lowest BCUT2D eigenvalue weighted by Crippen LogP contribution is -2.39. The van der Waals surface area contributed by atoms with Gasteiger partial charge in [-0.15, -0.1) is 0 Å². The highest BCUT2D eigenvalue weighted by Crippen LogP contribution is 2.26. The summed E-state index contributed by atoms with van der Waals surface area (Å²) in [6, 6.07) is 9.76. The van der Waals surface area contributed by atoms with E-state index in [1.54, 1.807) is 0 Å². The van der Waals surface area contributed by atoms with Crippen LogP contribution in [0.25, 0.3) is 0 Å². The van der Waals surface area contributed by atoms with Gasteiger partial charge in [-0.25, -0.2) is 0 Å². The van der Waals surface area contributed by atoms with Crippen LogP contribution in [-0.4, -0.2) is 40.2 Å². The number of likely N-dealkylation sites (tertiary alicyclic amines) is 1. The van der Waals surface area contributed by atoms with Crippen LogP contribution in [0.4, 0.5) is 0 Å². The predicted octanol–water partition coefficient (Wildman–Crippen LogP) is 2.44. The molecule has 1 aliphatic rings. The van der Waals surface area contributed by atoms with Crippen LogP contribution in [0.15, 0.2) is 30.3 Å². The molecular weight excluding hydrogens is 254 g/mol. The number of hydrogen-bond acceptors (Lipinski definition) is 3. The smallest absolute Gasteiger partial charge is 0.317 e. The third kappa shape index (κ3) is 4.32. The molecule has 1 fully saturated rings. The van der Waals surface area contributed by atoms with Crippen LogP contribution in [0, 0.1) is 0 Å². The highest BCUT2D eigenvalue weighted by Gasteiger charge is 2.25. The Hall–Kier alpha value is -1.39. The van der Waals surface area contributed by atoms with Gasteiger partial charge < -0.3 is 10.2 Å². The molecule has 0 aromatic heterocycles. The molecule has 1 aliphatic heterocycles. The van der Waals surface area contributed by atoms with Crippen molar-refractivity contribution in [2.24, 2.45) is 0 Å². The van der Waals surface area contributed by atoms with E-state index >= 15 is 0 Å². The summed E-state index contributed by atoms with van der Waals surface area (Å²) in [7, 11) is 0. The first kappa shape index (κ1) is 15.0. The van der Waals surface area contributed by atoms with Crippen molar-refractivity contribution in [1.82, 2.24) is 4.90 Å². The number of nitrogens with zero attached hydrogens (tertiary/aromatic N) is 1. The number of carbonyl (C=O) groups is 1. The Morgan fingerprint density at radius 1 is 1.25 bits per heavy atom. The minimum atomic E-state index is -0.786. The molecule has 2 rings (SSSR count). The zero-order valence-electron chi connectivity index (χ0n) is 11.7. The fourth-order valence-corrected chi connectivity index (χ4v) is 2.95. The van der Waals surface area contributed by atoms with Crippen LogP contribution in [0.5, 0.6) is 0 Å². The number of rotatable bonds is 5. The molecule has 20 heavy (non-hydrogen) atoms. The normalized spacial score (nSPS) is 22.1. The van der Waals surface area contributed by atoms with Gasteiger partial charge in [0.25, 0.3) is 0 Å². The Balaban J connectivity index is 2.01. The summed E-state index contributed by atoms with van der Waals surface area (Å²) in [4.78, 5) is 13.0. The van der Waals surface area contributed by atoms with Crippen LogP contribution in [0.3, 0.4) is 0 Å². The van der Waals surface area contributed by atoms with Gasteiger partial charge >= 0.3 is 5.97 Å². The third-order valence-electron chi connectivity index (χ3n) is 4.02. The SMILES string of the molecule is O=C(O)CN1CCCCC[C@@H]1C[C@H](O)c1ccccc1. The number of hydrogen-bond donors (Lipinski definition) is 2. The second-order valence-electron chi connectivity index (χ2n) is 5.53. The summed E-state index contributed by atoms with van der Waals surface area (Å²) in [5.41, 5.74) is 0.909. The number of aliphatic carboxylic acids is 1. The summed E-state index contributed by atoms with van der Waals surface area (Å²) in [6.45, 7) is 0.894. The van der Waals surface area contributed by atoms with Crippen molar-refractivity contribution in [3.63, 3.8) is 0 Å². The van der Waals surface area contributed by atoms with Gasteiger partial charge in [0.2, 0.25) is 0 Å². The average molecular weight is 277 g/mol. The fourth-order valence-electron chi connectivity index (χ4n) is 2.95. The summed E-state index contributed by atoms with van der Waals surface area (Å²) in [5.74, 6) is -0.786. The van der Waals surface area contributed by atoms with Crippen LogP contribution in [0.1, 0.15) is 43.8 Å². The first-order chi connectivity index (χ1) is 9.66. The Kier molecular flexibility index (Phi) is 5.56. The molecule has 2 N–H and O–H groups in total. The van der Waals surface area contributed by atoms with E-state index in [-0.39, 0.29) is 12.6 Å². The van der Waals surface area contributed by atoms with E-state index in [9.17, 15) is 9.90 Å². The molecule has 0 saturated carbocycles. The van der Waals surface area contributed by atoms with Gasteiger partial charge in [0, 0.05) is 6.04 Å². The van der Waals surface area contributed by atoms with Crippen molar-refractivity contribution in [2.45, 2.75) is 44.2 Å². The number of carboxylic acids is 1. The Morgan fingerprint density at radius 3 is 2.70 bits per heavy atom. The quantitative estimate of drug-likeness (QED) is 0.868. The molecule has 4 nitrogen and oxygen atoms in total. The minimum Gasteiger partial charge on any atom is -0.480 e. The minimum absolute atomic E-state index is 0.0756. The molecule has 110 valence electrons. The number of aliphatic hydroxyl groups excluding tert-OH is 1. The lowest BCUT2D eigenvalue weighted by molar-refractivity contribution is -0.139. The van der Waals surface area contributed by atoms with Crippen molar-refractivity contribution in [1.29, 1.82) is 0 Å². The summed E-state index contributed by atoms with van der Waals surface area (Å²) < 4.78 is 0. The predicted molar refractivity (Wildman–Crippen MR) is 77.5 cm³/mol. The molecule has 0 bridgehead atoms. The first-order valence-corrected chi connectivity index (χ1v) is 7.35. The monoisotopic (exact) mass is 277 g/mol. The van der Waals surface area contributed by atoms with Crippen molar-refractivity contribution in [3.8, 4) is 0 Å². The number of aliphatic hydroxyl groups is 1. The maximum absolute atomic E-state index is 11.0. The second-order valence-corrected chi connectivity index (χ2v) is 5.53. The maximum atomic E-state index is 11.0. The molecule has 0 spiro atoms. The molecule has 0 amide bonds. The van der Waals surface area contributed by atoms with Crippen LogP contribution < -0.4 is 0 Å². The van der Waals surface area contributed by atoms with E-state index in [0.717, 1.165) is 37.8 Å². The van der Waals surface area contributed by atoms with Gasteiger partial charge in [-0.1, -0.05) is 43.2 Å². The molecule has 1 saturated heterocycles. The Bertz CT molecular complexity index is 421. The van der Waals surface area contributed by atoms with Gasteiger partial charge in [-0.05, 0) is 31.4 Å². The zero-order chi connectivity index (χ0) is 14.4. The highest BCUT2D eigenvalue weighted by molar-refractivity contribution is 5.69. The highest BCUT2D eigenvalue weighted by atomic mass is 16.4. The summed E-state index contributed by atoms with van der Waals surface area (Å²) in [5, 5.41) is 19.4. The van der Waals surface area contributed by atoms with Crippen molar-refractivity contribution >= 4 is 5.97 Å². The summed E-state index contributed by atoms with van der Waals surface area (Å²) >= 11 is 0. The molecule has 4 heteroatoms. The first-order valence-electron chi connectivity index (χ1n) is 7.35. The van der Waals surface area contributed by atoms with Crippen molar-refractivity contribution in [3.05, 3.63) is 35.9 Å². The molecule has 1 heterocycles. The van der Waals surface area contributed by atoms with E-state index in [1.165, 1.54) is 0 Å². The fraction of sp³-hybridized carbons (Fsp3) is 0.562. The number of benzene rings is 1. The lowest BCUT2D eigenvalue weighted by Gasteiger charge is -2.30. The zero-order valence-corrected chi connectivity index (χ0v) is 11.7. The third-order valence-corrected chi connectivity index (χ3v) is 4.02. The Labute approximate surface area is 120 Å². The molecule has 2 atom stereocenters. The Morgan fingerprint density at radius 2 is 2.00 bits per heavy atom. The second kappa shape index (κ2) is 7.41. The lowest BCUT2D eigenvalue weighted by atomic mass is 9.98. The van der Waals surface area contributed by atoms with Crippen LogP contribution >= 0.6 is 0 Å². The van der Waals surface area contributed by atoms with Crippen LogP contribution in [-0.2, 0) is 4.79 Å². The summed E-state index contributed by atoms with van der Waals surface area (Å²) in [6.07, 6.45) is 4.37. The van der Waals surface area contributed by atoms with E-state index in [4.69, 9.17) is 5.11 Å². The average Bonchev–Trinajstić information content (AvgIpc) is 2.65. The largest absolute Gasteiger partial charge is 0.480 e. The van der Waals surface area contributed by atoms with Crippen LogP contribution in [0.2, 0.25) is 0 Å². The molecule has 1 aromatic carbocycles. The van der Waals surface area contributed by atoms with Crippen molar-refractivity contribution < 1.29 is 15.0 Å². The van der Waals surface area contributed by atoms with Gasteiger partial charge in [0.15, 0.2) is 0 Å². The van der Waals surface area contributed by atoms with Gasteiger partial charge in [-0.2, -0.15) is 0 Å². The van der Waals surface area contributed by atoms with Gasteiger partial charge in [0.1, 0.15) is 0 Å². The van der Waals surface area contributed by atoms with E-state index in [1.807, 2.05) is 35.2 Å².